The predicted molar refractivity (Wildman–Crippen MR) is 71.4 cm³/mol. The molecule has 0 fully saturated rings. The molecule has 1 aromatic rings. The molecule has 0 atom stereocenters. The third-order valence-electron chi connectivity index (χ3n) is 2.99. The van der Waals surface area contributed by atoms with Gasteiger partial charge in [0, 0.05) is 12.0 Å². The monoisotopic (exact) mass is 253 g/mol. The number of anilines is 1. The van der Waals surface area contributed by atoms with E-state index in [-0.39, 0.29) is 11.7 Å². The highest BCUT2D eigenvalue weighted by Gasteiger charge is 2.23. The van der Waals surface area contributed by atoms with Crippen LogP contribution < -0.4 is 11.1 Å². The zero-order valence-corrected chi connectivity index (χ0v) is 11.0. The number of rotatable bonds is 5. The van der Waals surface area contributed by atoms with Crippen LogP contribution in [0.1, 0.15) is 25.8 Å². The van der Waals surface area contributed by atoms with Crippen LogP contribution in [-0.4, -0.2) is 17.6 Å². The smallest absolute Gasteiger partial charge is 0.146 e. The number of nitrogens with one attached hydrogen (secondary N) is 1. The summed E-state index contributed by atoms with van der Waals surface area (Å²) >= 11 is 0. The highest BCUT2D eigenvalue weighted by atomic mass is 19.1. The van der Waals surface area contributed by atoms with Crippen LogP contribution >= 0.6 is 0 Å². The molecule has 1 rings (SSSR count). The molecule has 0 heterocycles. The Morgan fingerprint density at radius 1 is 1.50 bits per heavy atom. The van der Waals surface area contributed by atoms with E-state index in [1.165, 1.54) is 6.07 Å². The van der Waals surface area contributed by atoms with Gasteiger partial charge in [0.2, 0.25) is 0 Å². The van der Waals surface area contributed by atoms with Crippen molar-refractivity contribution in [2.24, 2.45) is 16.3 Å². The molecule has 0 aromatic heterocycles. The molecule has 0 unspecified atom stereocenters. The number of hydrogen-bond acceptors (Lipinski definition) is 3. The van der Waals surface area contributed by atoms with Gasteiger partial charge in [0.05, 0.1) is 5.69 Å². The van der Waals surface area contributed by atoms with Crippen molar-refractivity contribution in [3.63, 3.8) is 0 Å². The van der Waals surface area contributed by atoms with Crippen LogP contribution in [0.15, 0.2) is 23.4 Å². The van der Waals surface area contributed by atoms with Gasteiger partial charge in [0.1, 0.15) is 11.7 Å². The zero-order chi connectivity index (χ0) is 13.8. The molecule has 0 saturated carbocycles. The summed E-state index contributed by atoms with van der Waals surface area (Å²) < 4.78 is 13.5. The molecule has 4 N–H and O–H groups in total. The molecule has 0 spiro atoms. The first-order valence-electron chi connectivity index (χ1n) is 5.85. The third kappa shape index (κ3) is 3.61. The third-order valence-corrected chi connectivity index (χ3v) is 2.99. The number of benzene rings is 1. The highest BCUT2D eigenvalue weighted by molar-refractivity contribution is 5.85. The Morgan fingerprint density at radius 2 is 2.17 bits per heavy atom. The first kappa shape index (κ1) is 14.3. The van der Waals surface area contributed by atoms with Gasteiger partial charge < -0.3 is 16.3 Å². The second-order valence-electron chi connectivity index (χ2n) is 5.03. The SMILES string of the molecule is Cc1ccc(NCCC(C)(C)C(N)=NO)c(F)c1. The molecule has 0 aliphatic rings. The second-order valence-corrected chi connectivity index (χ2v) is 5.03. The van der Waals surface area contributed by atoms with Gasteiger partial charge in [0.15, 0.2) is 0 Å². The summed E-state index contributed by atoms with van der Waals surface area (Å²) in [5.74, 6) is -0.0923. The van der Waals surface area contributed by atoms with Crippen molar-refractivity contribution in [1.82, 2.24) is 0 Å². The summed E-state index contributed by atoms with van der Waals surface area (Å²) in [6, 6.07) is 5.04. The van der Waals surface area contributed by atoms with Gasteiger partial charge in [-0.1, -0.05) is 25.1 Å². The second kappa shape index (κ2) is 5.71. The Kier molecular flexibility index (Phi) is 4.53. The van der Waals surface area contributed by atoms with Crippen LogP contribution in [0.25, 0.3) is 0 Å². The molecule has 0 aliphatic heterocycles. The van der Waals surface area contributed by atoms with E-state index in [2.05, 4.69) is 10.5 Å². The number of nitrogens with zero attached hydrogens (tertiary/aromatic N) is 1. The van der Waals surface area contributed by atoms with Crippen molar-refractivity contribution in [2.45, 2.75) is 27.2 Å². The van der Waals surface area contributed by atoms with E-state index >= 15 is 0 Å². The fraction of sp³-hybridized carbons (Fsp3) is 0.462. The zero-order valence-electron chi connectivity index (χ0n) is 11.0. The molecule has 0 saturated heterocycles. The maximum Gasteiger partial charge on any atom is 0.146 e. The number of hydrogen-bond donors (Lipinski definition) is 3. The first-order valence-corrected chi connectivity index (χ1v) is 5.85. The molecule has 1 aromatic carbocycles. The Labute approximate surface area is 107 Å². The molecule has 18 heavy (non-hydrogen) atoms. The molecule has 4 nitrogen and oxygen atoms in total. The standard InChI is InChI=1S/C13H20FN3O/c1-9-4-5-11(10(14)8-9)16-7-6-13(2,3)12(15)17-18/h4-5,8,16,18H,6-7H2,1-3H3,(H2,15,17). The lowest BCUT2D eigenvalue weighted by molar-refractivity contribution is 0.306. The molecule has 100 valence electrons. The number of amidine groups is 1. The highest BCUT2D eigenvalue weighted by Crippen LogP contribution is 2.21. The molecule has 0 bridgehead atoms. The van der Waals surface area contributed by atoms with Crippen molar-refractivity contribution in [1.29, 1.82) is 0 Å². The first-order chi connectivity index (χ1) is 8.36. The Balaban J connectivity index is 2.57. The molecule has 5 heteroatoms. The van der Waals surface area contributed by atoms with E-state index in [4.69, 9.17) is 10.9 Å². The van der Waals surface area contributed by atoms with Gasteiger partial charge in [-0.15, -0.1) is 0 Å². The minimum Gasteiger partial charge on any atom is -0.409 e. The number of halogens is 1. The number of aryl methyl sites for hydroxylation is 1. The summed E-state index contributed by atoms with van der Waals surface area (Å²) in [5.41, 5.74) is 6.50. The van der Waals surface area contributed by atoms with Crippen molar-refractivity contribution >= 4 is 11.5 Å². The maximum atomic E-state index is 13.5. The summed E-state index contributed by atoms with van der Waals surface area (Å²) in [6.45, 7) is 6.13. The fourth-order valence-electron chi connectivity index (χ4n) is 1.54. The van der Waals surface area contributed by atoms with E-state index in [0.29, 0.717) is 18.7 Å². The van der Waals surface area contributed by atoms with E-state index in [1.807, 2.05) is 26.8 Å². The van der Waals surface area contributed by atoms with Crippen LogP contribution in [0, 0.1) is 18.2 Å². The summed E-state index contributed by atoms with van der Waals surface area (Å²) in [6.07, 6.45) is 0.635. The number of nitrogens with two attached hydrogens (primary N) is 1. The van der Waals surface area contributed by atoms with Gasteiger partial charge in [-0.2, -0.15) is 0 Å². The van der Waals surface area contributed by atoms with Crippen molar-refractivity contribution in [3.05, 3.63) is 29.6 Å². The van der Waals surface area contributed by atoms with Gasteiger partial charge in [-0.05, 0) is 31.0 Å². The fourth-order valence-corrected chi connectivity index (χ4v) is 1.54. The van der Waals surface area contributed by atoms with Crippen LogP contribution in [0.2, 0.25) is 0 Å². The normalized spacial score (nSPS) is 12.6. The van der Waals surface area contributed by atoms with E-state index in [0.717, 1.165) is 5.56 Å². The van der Waals surface area contributed by atoms with Crippen LogP contribution in [0.5, 0.6) is 0 Å². The lowest BCUT2D eigenvalue weighted by Gasteiger charge is -2.23. The van der Waals surface area contributed by atoms with Gasteiger partial charge in [-0.3, -0.25) is 0 Å². The van der Waals surface area contributed by atoms with E-state index in [1.54, 1.807) is 6.07 Å². The van der Waals surface area contributed by atoms with E-state index < -0.39 is 5.41 Å². The van der Waals surface area contributed by atoms with Gasteiger partial charge in [0.25, 0.3) is 0 Å². The van der Waals surface area contributed by atoms with E-state index in [9.17, 15) is 4.39 Å². The summed E-state index contributed by atoms with van der Waals surface area (Å²) in [4.78, 5) is 0. The molecule has 0 radical (unpaired) electrons. The number of oxime groups is 1. The quantitative estimate of drug-likeness (QED) is 0.327. The Hall–Kier alpha value is -1.78. The topological polar surface area (TPSA) is 70.6 Å². The Morgan fingerprint density at radius 3 is 2.72 bits per heavy atom. The molecule has 0 aliphatic carbocycles. The minimum absolute atomic E-state index is 0.175. The van der Waals surface area contributed by atoms with Crippen LogP contribution in [0.4, 0.5) is 10.1 Å². The molecule has 0 amide bonds. The maximum absolute atomic E-state index is 13.5. The lowest BCUT2D eigenvalue weighted by atomic mass is 9.88. The lowest BCUT2D eigenvalue weighted by Crippen LogP contribution is -2.33. The summed E-state index contributed by atoms with van der Waals surface area (Å²) in [7, 11) is 0. The van der Waals surface area contributed by atoms with Crippen molar-refractivity contribution in [2.75, 3.05) is 11.9 Å². The van der Waals surface area contributed by atoms with Gasteiger partial charge in [-0.25, -0.2) is 4.39 Å². The molecular weight excluding hydrogens is 233 g/mol. The van der Waals surface area contributed by atoms with Crippen LogP contribution in [0.3, 0.4) is 0 Å². The van der Waals surface area contributed by atoms with Crippen molar-refractivity contribution < 1.29 is 9.60 Å². The van der Waals surface area contributed by atoms with Crippen LogP contribution in [-0.2, 0) is 0 Å². The largest absolute Gasteiger partial charge is 0.409 e. The Bertz CT molecular complexity index is 444. The van der Waals surface area contributed by atoms with Crippen molar-refractivity contribution in [3.8, 4) is 0 Å². The minimum atomic E-state index is -0.428. The average Bonchev–Trinajstić information content (AvgIpc) is 2.30. The van der Waals surface area contributed by atoms with Gasteiger partial charge >= 0.3 is 0 Å². The predicted octanol–water partition coefficient (Wildman–Crippen LogP) is 2.71. The molecular formula is C13H20FN3O. The average molecular weight is 253 g/mol. The summed E-state index contributed by atoms with van der Waals surface area (Å²) in [5, 5.41) is 14.7.